The maximum Gasteiger partial charge on any atom is 0.256 e. The molecule has 1 aromatic heterocycles. The number of aryl methyl sites for hydroxylation is 1. The Morgan fingerprint density at radius 1 is 0.673 bits per heavy atom. The third kappa shape index (κ3) is 7.18. The Morgan fingerprint density at radius 3 is 1.98 bits per heavy atom. The third-order valence-electron chi connectivity index (χ3n) is 10.0. The van der Waals surface area contributed by atoms with E-state index in [1.54, 1.807) is 6.92 Å². The number of hydrogen-bond donors (Lipinski definition) is 0. The largest absolute Gasteiger partial charge is 0.368 e. The first-order valence-electron chi connectivity index (χ1n) is 17.4. The summed E-state index contributed by atoms with van der Waals surface area (Å²) < 4.78 is 2.25. The van der Waals surface area contributed by atoms with Crippen LogP contribution in [0.2, 0.25) is 0 Å². The van der Waals surface area contributed by atoms with Crippen LogP contribution in [0, 0.1) is 6.92 Å². The smallest absolute Gasteiger partial charge is 0.256 e. The lowest BCUT2D eigenvalue weighted by Gasteiger charge is -2.42. The van der Waals surface area contributed by atoms with Gasteiger partial charge in [-0.3, -0.25) is 14.5 Å². The lowest BCUT2D eigenvalue weighted by molar-refractivity contribution is -0.129. The van der Waals surface area contributed by atoms with E-state index in [1.807, 2.05) is 29.2 Å². The summed E-state index contributed by atoms with van der Waals surface area (Å²) in [6.07, 6.45) is 0.803. The van der Waals surface area contributed by atoms with E-state index >= 15 is 0 Å². The minimum atomic E-state index is 0.0386. The van der Waals surface area contributed by atoms with Crippen molar-refractivity contribution >= 4 is 17.5 Å². The van der Waals surface area contributed by atoms with Crippen molar-refractivity contribution in [1.29, 1.82) is 0 Å². The molecule has 2 saturated heterocycles. The van der Waals surface area contributed by atoms with Gasteiger partial charge in [0.1, 0.15) is 0 Å². The van der Waals surface area contributed by atoms with E-state index in [9.17, 15) is 9.59 Å². The molecule has 1 atom stereocenters. The van der Waals surface area contributed by atoms with Gasteiger partial charge in [0.15, 0.2) is 0 Å². The molecular weight excluding hydrogens is 606 g/mol. The van der Waals surface area contributed by atoms with E-state index in [2.05, 4.69) is 123 Å². The van der Waals surface area contributed by atoms with Crippen LogP contribution in [0.25, 0.3) is 16.9 Å². The number of hydrogen-bond acceptors (Lipinski definition) is 4. The van der Waals surface area contributed by atoms with Crippen LogP contribution in [-0.2, 0) is 17.8 Å². The van der Waals surface area contributed by atoms with E-state index in [0.717, 1.165) is 86.1 Å². The molecule has 4 aromatic carbocycles. The van der Waals surface area contributed by atoms with Crippen molar-refractivity contribution in [3.05, 3.63) is 144 Å². The molecule has 2 fully saturated rings. The summed E-state index contributed by atoms with van der Waals surface area (Å²) >= 11 is 0. The molecule has 2 aliphatic heterocycles. The molecule has 5 aromatic rings. The summed E-state index contributed by atoms with van der Waals surface area (Å²) in [4.78, 5) is 35.7. The number of amides is 2. The Morgan fingerprint density at radius 2 is 1.31 bits per heavy atom. The molecule has 7 heteroatoms. The highest BCUT2D eigenvalue weighted by atomic mass is 16.2. The number of piperazine rings is 2. The van der Waals surface area contributed by atoms with Crippen molar-refractivity contribution in [2.24, 2.45) is 0 Å². The quantitative estimate of drug-likeness (QED) is 0.188. The van der Waals surface area contributed by atoms with E-state index < -0.39 is 0 Å². The maximum absolute atomic E-state index is 14.9. The van der Waals surface area contributed by atoms with Gasteiger partial charge in [0.25, 0.3) is 5.91 Å². The molecule has 7 nitrogen and oxygen atoms in total. The van der Waals surface area contributed by atoms with Crippen LogP contribution in [0.4, 0.5) is 5.69 Å². The first kappa shape index (κ1) is 32.4. The summed E-state index contributed by atoms with van der Waals surface area (Å²) in [5, 5.41) is 0. The molecule has 2 amide bonds. The van der Waals surface area contributed by atoms with Crippen LogP contribution in [0.15, 0.2) is 121 Å². The molecule has 3 heterocycles. The van der Waals surface area contributed by atoms with Crippen LogP contribution in [-0.4, -0.2) is 82.9 Å². The number of aromatic nitrogens is 1. The average molecular weight is 652 g/mol. The monoisotopic (exact) mass is 651 g/mol. The van der Waals surface area contributed by atoms with Gasteiger partial charge in [-0.1, -0.05) is 97.1 Å². The summed E-state index contributed by atoms with van der Waals surface area (Å²) in [7, 11) is 0. The van der Waals surface area contributed by atoms with Gasteiger partial charge in [-0.15, -0.1) is 0 Å². The zero-order valence-corrected chi connectivity index (χ0v) is 28.5. The van der Waals surface area contributed by atoms with E-state index in [1.165, 1.54) is 11.1 Å². The van der Waals surface area contributed by atoms with Crippen LogP contribution in [0.3, 0.4) is 0 Å². The maximum atomic E-state index is 14.9. The lowest BCUT2D eigenvalue weighted by atomic mass is 9.99. The first-order valence-corrected chi connectivity index (χ1v) is 17.4. The van der Waals surface area contributed by atoms with Gasteiger partial charge >= 0.3 is 0 Å². The third-order valence-corrected chi connectivity index (χ3v) is 10.0. The molecule has 0 spiro atoms. The number of rotatable bonds is 8. The Hall–Kier alpha value is -5.14. The van der Waals surface area contributed by atoms with Gasteiger partial charge in [0, 0.05) is 82.4 Å². The minimum absolute atomic E-state index is 0.0386. The fourth-order valence-electron chi connectivity index (χ4n) is 7.51. The lowest BCUT2D eigenvalue weighted by Crippen LogP contribution is -2.55. The number of carbonyl (C=O) groups excluding carboxylic acids is 2. The predicted molar refractivity (Wildman–Crippen MR) is 197 cm³/mol. The Balaban J connectivity index is 1.23. The standard InChI is InChI=1S/C42H45N5O2/c1-32-27-40(42(49)46-26-21-43(30-35-15-8-4-9-16-35)31-39(46)28-34-13-6-3-7-14-34)41(36-17-10-5-11-18-36)47(32)38-20-12-19-37(29-38)45-24-22-44(23-25-45)33(2)48/h3-20,27,29,39H,21-26,28,30-31H2,1-2H3/t39-/m1/s1. The highest BCUT2D eigenvalue weighted by molar-refractivity contribution is 6.01. The predicted octanol–water partition coefficient (Wildman–Crippen LogP) is 6.69. The number of carbonyl (C=O) groups is 2. The molecule has 250 valence electrons. The highest BCUT2D eigenvalue weighted by Gasteiger charge is 2.34. The van der Waals surface area contributed by atoms with E-state index in [0.29, 0.717) is 6.54 Å². The molecule has 0 saturated carbocycles. The van der Waals surface area contributed by atoms with Crippen molar-refractivity contribution in [3.63, 3.8) is 0 Å². The molecule has 0 aliphatic carbocycles. The van der Waals surface area contributed by atoms with Gasteiger partial charge < -0.3 is 19.3 Å². The van der Waals surface area contributed by atoms with Gasteiger partial charge in [-0.2, -0.15) is 0 Å². The summed E-state index contributed by atoms with van der Waals surface area (Å²) in [6.45, 7) is 9.95. The molecule has 49 heavy (non-hydrogen) atoms. The van der Waals surface area contributed by atoms with Crippen LogP contribution in [0.1, 0.15) is 34.1 Å². The normalized spacial score (nSPS) is 16.9. The zero-order chi connectivity index (χ0) is 33.7. The number of benzene rings is 4. The Kier molecular flexibility index (Phi) is 9.62. The average Bonchev–Trinajstić information content (AvgIpc) is 3.49. The SMILES string of the molecule is CC(=O)N1CCN(c2cccc(-n3c(C)cc(C(=O)N4CCN(Cc5ccccc5)C[C@H]4Cc4ccccc4)c3-c3ccccc3)c2)CC1. The second-order valence-electron chi connectivity index (χ2n) is 13.3. The highest BCUT2D eigenvalue weighted by Crippen LogP contribution is 2.34. The van der Waals surface area contributed by atoms with Crippen LogP contribution >= 0.6 is 0 Å². The van der Waals surface area contributed by atoms with E-state index in [4.69, 9.17) is 0 Å². The number of anilines is 1. The second-order valence-corrected chi connectivity index (χ2v) is 13.3. The molecule has 0 N–H and O–H groups in total. The van der Waals surface area contributed by atoms with Gasteiger partial charge in [0.05, 0.1) is 11.3 Å². The zero-order valence-electron chi connectivity index (χ0n) is 28.5. The van der Waals surface area contributed by atoms with E-state index in [-0.39, 0.29) is 17.9 Å². The number of nitrogens with zero attached hydrogens (tertiary/aromatic N) is 5. The van der Waals surface area contributed by atoms with Crippen molar-refractivity contribution in [2.75, 3.05) is 50.7 Å². The van der Waals surface area contributed by atoms with Crippen molar-refractivity contribution in [3.8, 4) is 16.9 Å². The molecule has 2 aliphatic rings. The summed E-state index contributed by atoms with van der Waals surface area (Å²) in [5.74, 6) is 0.210. The Bertz CT molecular complexity index is 1880. The van der Waals surface area contributed by atoms with Gasteiger partial charge in [-0.05, 0) is 54.3 Å². The molecule has 0 unspecified atom stereocenters. The van der Waals surface area contributed by atoms with Crippen LogP contribution < -0.4 is 4.90 Å². The van der Waals surface area contributed by atoms with Gasteiger partial charge in [-0.25, -0.2) is 0 Å². The molecule has 7 rings (SSSR count). The minimum Gasteiger partial charge on any atom is -0.368 e. The second kappa shape index (κ2) is 14.5. The van der Waals surface area contributed by atoms with Crippen molar-refractivity contribution in [1.82, 2.24) is 19.3 Å². The Labute approximate surface area is 290 Å². The fraction of sp³-hybridized carbons (Fsp3) is 0.286. The van der Waals surface area contributed by atoms with Crippen molar-refractivity contribution < 1.29 is 9.59 Å². The van der Waals surface area contributed by atoms with Gasteiger partial charge in [0.2, 0.25) is 5.91 Å². The summed E-state index contributed by atoms with van der Waals surface area (Å²) in [6, 6.07) is 42.2. The fourth-order valence-corrected chi connectivity index (χ4v) is 7.51. The first-order chi connectivity index (χ1) is 23.9. The molecule has 0 bridgehead atoms. The summed E-state index contributed by atoms with van der Waals surface area (Å²) in [5.41, 5.74) is 8.37. The molecular formula is C42H45N5O2. The van der Waals surface area contributed by atoms with Crippen LogP contribution in [0.5, 0.6) is 0 Å². The molecule has 0 radical (unpaired) electrons. The topological polar surface area (TPSA) is 52.0 Å². The van der Waals surface area contributed by atoms with Crippen molar-refractivity contribution in [2.45, 2.75) is 32.9 Å².